The Hall–Kier alpha value is -3.35. The van der Waals surface area contributed by atoms with Gasteiger partial charge in [0.05, 0.1) is 56.7 Å². The average Bonchev–Trinajstić information content (AvgIpc) is 2.97. The van der Waals surface area contributed by atoms with Gasteiger partial charge in [0.25, 0.3) is 11.8 Å². The number of halogens is 2. The summed E-state index contributed by atoms with van der Waals surface area (Å²) >= 11 is 13.2. The molecule has 0 aliphatic carbocycles. The summed E-state index contributed by atoms with van der Waals surface area (Å²) in [5, 5.41) is 3.60. The summed E-state index contributed by atoms with van der Waals surface area (Å²) in [7, 11) is 11.4. The predicted octanol–water partition coefficient (Wildman–Crippen LogP) is 4.90. The van der Waals surface area contributed by atoms with Gasteiger partial charge in [0.1, 0.15) is 11.5 Å². The van der Waals surface area contributed by atoms with Gasteiger partial charge in [-0.05, 0) is 53.8 Å². The van der Waals surface area contributed by atoms with Gasteiger partial charge in [-0.15, -0.1) is 0 Å². The third-order valence-corrected chi connectivity index (χ3v) is 6.83. The zero-order valence-electron chi connectivity index (χ0n) is 24.4. The lowest BCUT2D eigenvalue weighted by Crippen LogP contribution is -2.26. The largest absolute Gasteiger partial charge is 0.494 e. The Kier molecular flexibility index (Phi) is 12.9. The standard InChI is InChI=1S/C28H35Cl2N3O8/c1-31(39-6)24(34)12-10-9-11-19(17-13-20(27(35)32(2)40-7)25(37-4)22(29)15-17)18-14-21(28(36)33(3)41-8)26(38-5)23(30)16-18/h11,13-16H,9-10,12H2,1-8H3. The molecule has 11 nitrogen and oxygen atoms in total. The molecule has 0 heterocycles. The molecule has 2 aromatic rings. The Labute approximate surface area is 249 Å². The lowest BCUT2D eigenvalue weighted by atomic mass is 9.92. The minimum atomic E-state index is -0.494. The first-order chi connectivity index (χ1) is 19.4. The molecule has 0 spiro atoms. The second-order valence-corrected chi connectivity index (χ2v) is 9.45. The monoisotopic (exact) mass is 611 g/mol. The van der Waals surface area contributed by atoms with E-state index in [1.807, 2.05) is 6.08 Å². The van der Waals surface area contributed by atoms with Crippen molar-refractivity contribution in [3.05, 3.63) is 62.6 Å². The fourth-order valence-electron chi connectivity index (χ4n) is 3.90. The topological polar surface area (TPSA) is 107 Å². The summed E-state index contributed by atoms with van der Waals surface area (Å²) < 4.78 is 10.8. The maximum absolute atomic E-state index is 13.1. The summed E-state index contributed by atoms with van der Waals surface area (Å²) in [5.41, 5.74) is 1.96. The van der Waals surface area contributed by atoms with Crippen molar-refractivity contribution in [2.45, 2.75) is 19.3 Å². The first-order valence-electron chi connectivity index (χ1n) is 12.4. The van der Waals surface area contributed by atoms with E-state index in [4.69, 9.17) is 47.2 Å². The number of rotatable bonds is 13. The van der Waals surface area contributed by atoms with Gasteiger partial charge in [-0.3, -0.25) is 28.9 Å². The van der Waals surface area contributed by atoms with Gasteiger partial charge >= 0.3 is 0 Å². The van der Waals surface area contributed by atoms with E-state index < -0.39 is 11.8 Å². The van der Waals surface area contributed by atoms with E-state index in [0.29, 0.717) is 29.5 Å². The van der Waals surface area contributed by atoms with E-state index in [-0.39, 0.29) is 45.0 Å². The Morgan fingerprint density at radius 1 is 0.707 bits per heavy atom. The van der Waals surface area contributed by atoms with Crippen molar-refractivity contribution >= 4 is 46.5 Å². The number of amides is 3. The summed E-state index contributed by atoms with van der Waals surface area (Å²) in [5.74, 6) is -0.838. The lowest BCUT2D eigenvalue weighted by Gasteiger charge is -2.20. The highest BCUT2D eigenvalue weighted by molar-refractivity contribution is 6.33. The lowest BCUT2D eigenvalue weighted by molar-refractivity contribution is -0.168. The molecular formula is C28H35Cl2N3O8. The van der Waals surface area contributed by atoms with Crippen molar-refractivity contribution in [2.75, 3.05) is 56.7 Å². The van der Waals surface area contributed by atoms with Gasteiger partial charge < -0.3 is 9.47 Å². The van der Waals surface area contributed by atoms with Crippen LogP contribution in [0.3, 0.4) is 0 Å². The fourth-order valence-corrected chi connectivity index (χ4v) is 4.49. The van der Waals surface area contributed by atoms with Crippen LogP contribution in [-0.2, 0) is 19.3 Å². The van der Waals surface area contributed by atoms with Crippen molar-refractivity contribution in [2.24, 2.45) is 0 Å². The highest BCUT2D eigenvalue weighted by atomic mass is 35.5. The molecule has 0 aliphatic rings. The molecule has 0 saturated carbocycles. The van der Waals surface area contributed by atoms with Gasteiger partial charge in [-0.2, -0.15) is 0 Å². The number of benzene rings is 2. The fraction of sp³-hybridized carbons (Fsp3) is 0.393. The van der Waals surface area contributed by atoms with Crippen molar-refractivity contribution in [3.8, 4) is 11.5 Å². The van der Waals surface area contributed by atoms with E-state index in [1.54, 1.807) is 24.3 Å². The third-order valence-electron chi connectivity index (χ3n) is 6.27. The van der Waals surface area contributed by atoms with Crippen molar-refractivity contribution in [3.63, 3.8) is 0 Å². The van der Waals surface area contributed by atoms with E-state index in [9.17, 15) is 14.4 Å². The molecule has 2 aromatic carbocycles. The van der Waals surface area contributed by atoms with Crippen LogP contribution in [0.1, 0.15) is 51.1 Å². The first kappa shape index (κ1) is 33.9. The number of carbonyl (C=O) groups excluding carboxylic acids is 3. The number of carbonyl (C=O) groups is 3. The molecule has 0 atom stereocenters. The van der Waals surface area contributed by atoms with Crippen molar-refractivity contribution < 1.29 is 38.4 Å². The van der Waals surface area contributed by atoms with Gasteiger partial charge in [0.2, 0.25) is 5.91 Å². The average molecular weight is 613 g/mol. The van der Waals surface area contributed by atoms with Crippen molar-refractivity contribution in [1.29, 1.82) is 0 Å². The molecule has 0 radical (unpaired) electrons. The van der Waals surface area contributed by atoms with Crippen LogP contribution >= 0.6 is 23.2 Å². The molecule has 224 valence electrons. The van der Waals surface area contributed by atoms with Gasteiger partial charge in [0, 0.05) is 27.6 Å². The molecule has 0 fully saturated rings. The predicted molar refractivity (Wildman–Crippen MR) is 155 cm³/mol. The van der Waals surface area contributed by atoms with E-state index in [2.05, 4.69) is 0 Å². The minimum absolute atomic E-state index is 0.150. The Bertz CT molecular complexity index is 1220. The molecule has 3 amide bonds. The zero-order chi connectivity index (χ0) is 30.9. The molecular weight excluding hydrogens is 577 g/mol. The summed E-state index contributed by atoms with van der Waals surface area (Å²) in [4.78, 5) is 53.6. The normalized spacial score (nSPS) is 10.6. The van der Waals surface area contributed by atoms with Crippen molar-refractivity contribution in [1.82, 2.24) is 15.2 Å². The van der Waals surface area contributed by atoms with Crippen LogP contribution in [0.2, 0.25) is 10.0 Å². The maximum atomic E-state index is 13.1. The zero-order valence-corrected chi connectivity index (χ0v) is 25.9. The second kappa shape index (κ2) is 15.6. The number of ether oxygens (including phenoxy) is 2. The van der Waals surface area contributed by atoms with E-state index in [1.165, 1.54) is 56.7 Å². The third kappa shape index (κ3) is 8.11. The van der Waals surface area contributed by atoms with Crippen LogP contribution in [-0.4, -0.2) is 89.6 Å². The number of unbranched alkanes of at least 4 members (excludes halogenated alkanes) is 1. The maximum Gasteiger partial charge on any atom is 0.280 e. The van der Waals surface area contributed by atoms with Gasteiger partial charge in [-0.1, -0.05) is 29.3 Å². The number of hydrogen-bond donors (Lipinski definition) is 0. The van der Waals surface area contributed by atoms with Crippen LogP contribution in [0.5, 0.6) is 11.5 Å². The molecule has 0 N–H and O–H groups in total. The molecule has 2 rings (SSSR count). The second-order valence-electron chi connectivity index (χ2n) is 8.63. The molecule has 0 unspecified atom stereocenters. The highest BCUT2D eigenvalue weighted by Crippen LogP contribution is 2.39. The number of hydrogen-bond acceptors (Lipinski definition) is 8. The van der Waals surface area contributed by atoms with Crippen LogP contribution in [0.15, 0.2) is 30.3 Å². The number of nitrogens with zero attached hydrogens (tertiary/aromatic N) is 3. The highest BCUT2D eigenvalue weighted by Gasteiger charge is 2.25. The SMILES string of the molecule is COc1c(Cl)cc(C(=CCCCC(=O)N(C)OC)c2cc(Cl)c(OC)c(C(=O)N(C)OC)c2)cc1C(=O)N(C)OC. The van der Waals surface area contributed by atoms with Crippen LogP contribution < -0.4 is 9.47 Å². The number of allylic oxidation sites excluding steroid dienone is 1. The molecule has 0 aromatic heterocycles. The smallest absolute Gasteiger partial charge is 0.280 e. The summed E-state index contributed by atoms with van der Waals surface area (Å²) in [6, 6.07) is 6.50. The molecule has 0 bridgehead atoms. The molecule has 0 aliphatic heterocycles. The Balaban J connectivity index is 2.77. The summed E-state index contributed by atoms with van der Waals surface area (Å²) in [6.45, 7) is 0. The van der Waals surface area contributed by atoms with Gasteiger partial charge in [0.15, 0.2) is 0 Å². The van der Waals surface area contributed by atoms with Crippen LogP contribution in [0, 0.1) is 0 Å². The minimum Gasteiger partial charge on any atom is -0.494 e. The first-order valence-corrected chi connectivity index (χ1v) is 13.1. The molecule has 13 heteroatoms. The molecule has 41 heavy (non-hydrogen) atoms. The van der Waals surface area contributed by atoms with Crippen LogP contribution in [0.25, 0.3) is 5.57 Å². The van der Waals surface area contributed by atoms with Crippen LogP contribution in [0.4, 0.5) is 0 Å². The quantitative estimate of drug-likeness (QED) is 0.232. The van der Waals surface area contributed by atoms with E-state index in [0.717, 1.165) is 15.2 Å². The Morgan fingerprint density at radius 2 is 1.12 bits per heavy atom. The van der Waals surface area contributed by atoms with Gasteiger partial charge in [-0.25, -0.2) is 15.2 Å². The summed E-state index contributed by atoms with van der Waals surface area (Å²) in [6.07, 6.45) is 3.04. The molecule has 0 saturated heterocycles. The van der Waals surface area contributed by atoms with E-state index >= 15 is 0 Å². The Morgan fingerprint density at radius 3 is 1.49 bits per heavy atom. The number of methoxy groups -OCH3 is 2. The number of hydroxylamine groups is 6.